The number of anilines is 4. The smallest absolute Gasteiger partial charge is 0.744 e. The number of carbonyl (C=O) groups is 3. The molecule has 6 aromatic rings. The minimum atomic E-state index is -5.95. The van der Waals surface area contributed by atoms with Crippen LogP contribution in [0.25, 0.3) is 21.5 Å². The molecule has 0 aliphatic heterocycles. The topological polar surface area (TPSA) is 557 Å². The molecule has 0 radical (unpaired) electrons. The van der Waals surface area contributed by atoms with Gasteiger partial charge in [-0.1, -0.05) is 0 Å². The second-order valence-corrected chi connectivity index (χ2v) is 25.3. The third-order valence-electron chi connectivity index (χ3n) is 9.68. The Morgan fingerprint density at radius 2 is 0.561 bits per heavy atom. The van der Waals surface area contributed by atoms with E-state index in [1.807, 2.05) is 21.3 Å². The first-order chi connectivity index (χ1) is 33.5. The van der Waals surface area contributed by atoms with Gasteiger partial charge in [0, 0.05) is 32.9 Å². The first kappa shape index (κ1) is 87.5. The fraction of sp³-hybridized carbons (Fsp3) is 0. The number of hydrogen-bond acceptors (Lipinski definition) is 27. The molecule has 4 amide bonds. The van der Waals surface area contributed by atoms with E-state index in [0.717, 1.165) is 0 Å². The molecule has 0 fully saturated rings. The van der Waals surface area contributed by atoms with Gasteiger partial charge in [-0.2, -0.15) is 0 Å². The van der Waals surface area contributed by atoms with Crippen LogP contribution >= 0.6 is 0 Å². The second-order valence-electron chi connectivity index (χ2n) is 14.5. The zero-order chi connectivity index (χ0) is 55.9. The van der Waals surface area contributed by atoms with Gasteiger partial charge < -0.3 is 57.7 Å². The summed E-state index contributed by atoms with van der Waals surface area (Å²) in [5.74, 6) is -3.39. The number of fused-ring (bicyclic) bond motifs is 2. The monoisotopic (exact) mass is 1370 g/mol. The molecule has 0 bridgehead atoms. The Morgan fingerprint density at radius 1 is 0.293 bits per heavy atom. The fourth-order valence-electron chi connectivity index (χ4n) is 6.78. The van der Waals surface area contributed by atoms with Crippen LogP contribution in [0.4, 0.5) is 27.5 Å². The van der Waals surface area contributed by atoms with Gasteiger partial charge in [0.2, 0.25) is 0 Å². The van der Waals surface area contributed by atoms with E-state index in [2.05, 4.69) is 0 Å². The number of rotatable bonds is 14. The largest absolute Gasteiger partial charge is 1.00 e. The average Bonchev–Trinajstić information content (AvgIpc) is 3.22. The molecule has 0 aliphatic carbocycles. The summed E-state index contributed by atoms with van der Waals surface area (Å²) in [5.41, 5.74) is -5.58. The van der Waals surface area contributed by atoms with Gasteiger partial charge in [0.15, 0.2) is 0 Å². The van der Waals surface area contributed by atoms with Crippen molar-refractivity contribution in [1.29, 1.82) is 0 Å². The van der Waals surface area contributed by atoms with Gasteiger partial charge in [0.05, 0.1) is 61.7 Å². The number of carbonyl (C=O) groups excluding carboxylic acids is 3. The van der Waals surface area contributed by atoms with Gasteiger partial charge in [-0.15, -0.1) is 0 Å². The van der Waals surface area contributed by atoms with Crippen molar-refractivity contribution in [3.8, 4) is 0 Å². The number of hydrogen-bond donors (Lipinski definition) is 4. The molecule has 31 nitrogen and oxygen atoms in total. The Morgan fingerprint density at radius 3 is 0.805 bits per heavy atom. The van der Waals surface area contributed by atoms with E-state index in [0.29, 0.717) is 60.7 Å². The maximum atomic E-state index is 13.5. The quantitative estimate of drug-likeness (QED) is 0.0581. The summed E-state index contributed by atoms with van der Waals surface area (Å²) in [5, 5.41) is 2.80. The summed E-state index contributed by atoms with van der Waals surface area (Å²) in [6.07, 6.45) is 0. The molecule has 0 aliphatic rings. The van der Waals surface area contributed by atoms with Gasteiger partial charge >= 0.3 is 242 Å². The molecule has 0 aromatic heterocycles. The van der Waals surface area contributed by atoms with Crippen LogP contribution < -0.4 is 258 Å². The normalized spacial score (nSPS) is 11.8. The maximum Gasteiger partial charge on any atom is 1.00 e. The summed E-state index contributed by atoms with van der Waals surface area (Å²) in [6.45, 7) is 0. The number of urea groups is 1. The van der Waals surface area contributed by atoms with Crippen LogP contribution in [0.5, 0.6) is 0 Å². The number of amides is 4. The van der Waals surface area contributed by atoms with Crippen molar-refractivity contribution in [2.45, 2.75) is 39.2 Å². The summed E-state index contributed by atoms with van der Waals surface area (Å²) in [4.78, 5) is 27.8. The predicted molar refractivity (Wildman–Crippen MR) is 233 cm³/mol. The molecular formula is C35H18N4Na8O27S8. The predicted octanol–water partition coefficient (Wildman–Crippen LogP) is -24.6. The van der Waals surface area contributed by atoms with Gasteiger partial charge in [0.1, 0.15) is 80.9 Å². The van der Waals surface area contributed by atoms with E-state index < -0.39 is 193 Å². The molecule has 0 atom stereocenters. The number of benzene rings is 6. The summed E-state index contributed by atoms with van der Waals surface area (Å²) >= 11 is 0. The Hall–Kier alpha value is 1.33. The van der Waals surface area contributed by atoms with Crippen LogP contribution in [0.15, 0.2) is 124 Å². The molecule has 0 saturated carbocycles. The van der Waals surface area contributed by atoms with Crippen molar-refractivity contribution >= 4 is 143 Å². The van der Waals surface area contributed by atoms with E-state index >= 15 is 0 Å². The molecule has 0 spiro atoms. The summed E-state index contributed by atoms with van der Waals surface area (Å²) < 4.78 is 290. The van der Waals surface area contributed by atoms with Crippen LogP contribution in [0.2, 0.25) is 0 Å². The third-order valence-corrected chi connectivity index (χ3v) is 16.6. The fourth-order valence-corrected chi connectivity index (χ4v) is 12.2. The molecule has 6 aromatic carbocycles. The van der Waals surface area contributed by atoms with Crippen molar-refractivity contribution < 1.29 is 355 Å². The first-order valence-corrected chi connectivity index (χ1v) is 29.6. The van der Waals surface area contributed by atoms with Crippen molar-refractivity contribution in [3.63, 3.8) is 0 Å². The molecule has 0 saturated heterocycles. The van der Waals surface area contributed by atoms with Crippen LogP contribution in [-0.4, -0.2) is 122 Å². The first-order valence-electron chi connectivity index (χ1n) is 18.4. The van der Waals surface area contributed by atoms with E-state index in [1.54, 1.807) is 0 Å². The van der Waals surface area contributed by atoms with Gasteiger partial charge in [-0.3, -0.25) is 9.59 Å². The molecule has 396 valence electrons. The van der Waals surface area contributed by atoms with Crippen molar-refractivity contribution in [3.05, 3.63) is 96.1 Å². The van der Waals surface area contributed by atoms with Crippen LogP contribution in [0.1, 0.15) is 20.7 Å². The second kappa shape index (κ2) is 32.1. The standard InChI is InChI=1S/C35H26N4O27S8.8Na/c40-33(38-23-5-7-25(69(49,50)51)21-11-17(67(43,44)45)13-29(31(21)23)73(61,62)63)19-3-1-15(9-27(19)71(55,56)57)36-35(42)37-16-2-4-20(28(10-16)72(58,59)60)34(41)39-24-6-8-26(70(52,53)54)22-12-18(68(46,47)48)14-30(32(22)24)74(64,65)66;;;;;;;;/h1-14H,(H,38,40)(H,39,41)(H2,36,37,42)(H,43,44,45)(H,46,47,48)(H,49,50,51)(H,52,53,54)(H,55,56,57)(H,58,59,60)(H,61,62,63)(H,64,65,66);;;;;;;;/q;8*+1/p-8. The summed E-state index contributed by atoms with van der Waals surface area (Å²) in [7, 11) is -46.3. The van der Waals surface area contributed by atoms with E-state index in [-0.39, 0.29) is 261 Å². The van der Waals surface area contributed by atoms with Crippen molar-refractivity contribution in [1.82, 2.24) is 0 Å². The van der Waals surface area contributed by atoms with Crippen LogP contribution in [0, 0.1) is 0 Å². The molecule has 0 heterocycles. The van der Waals surface area contributed by atoms with E-state index in [1.165, 1.54) is 0 Å². The average molecular weight is 1370 g/mol. The van der Waals surface area contributed by atoms with Crippen molar-refractivity contribution in [2.75, 3.05) is 21.3 Å². The van der Waals surface area contributed by atoms with E-state index in [4.69, 9.17) is 0 Å². The van der Waals surface area contributed by atoms with Crippen molar-refractivity contribution in [2.24, 2.45) is 0 Å². The molecule has 6 rings (SSSR count). The molecule has 82 heavy (non-hydrogen) atoms. The van der Waals surface area contributed by atoms with Gasteiger partial charge in [-0.25, -0.2) is 72.1 Å². The van der Waals surface area contributed by atoms with Gasteiger partial charge in [0.25, 0.3) is 11.8 Å². The molecule has 0 unspecified atom stereocenters. The Kier molecular flexibility index (Phi) is 34.2. The van der Waals surface area contributed by atoms with E-state index in [9.17, 15) is 118 Å². The Balaban J connectivity index is -0.00000780. The minimum absolute atomic E-state index is 0. The zero-order valence-corrected chi connectivity index (χ0v) is 65.4. The SMILES string of the molecule is O=C(Nc1ccc(C(=O)Nc2ccc(S(=O)(=O)[O-])c3cc(S(=O)(=O)[O-])cc(S(=O)(=O)[O-])c23)c(S(=O)(=O)[O-])c1)Nc1ccc(C(=O)Nc2ccc(S(=O)(=O)[O-])c3cc(S(=O)(=O)[O-])cc(S(=O)(=O)[O-])c23)c(S(=O)(=O)[O-])c1.[Na+].[Na+].[Na+].[Na+].[Na+].[Na+].[Na+].[Na+]. The molecule has 47 heteroatoms. The maximum absolute atomic E-state index is 13.5. The molecular weight excluding hydrogens is 1350 g/mol. The third kappa shape index (κ3) is 21.2. The summed E-state index contributed by atoms with van der Waals surface area (Å²) in [6, 6.07) is 3.61. The van der Waals surface area contributed by atoms with Crippen LogP contribution in [0.3, 0.4) is 0 Å². The molecule has 4 N–H and O–H groups in total. The minimum Gasteiger partial charge on any atom is -0.744 e. The van der Waals surface area contributed by atoms with Gasteiger partial charge in [-0.05, 0) is 84.9 Å². The van der Waals surface area contributed by atoms with Crippen LogP contribution in [-0.2, 0) is 80.9 Å². The Bertz CT molecular complexity index is 4220. The number of nitrogens with one attached hydrogen (secondary N) is 4. The Labute approximate surface area is 642 Å². The zero-order valence-electron chi connectivity index (χ0n) is 42.9.